The van der Waals surface area contributed by atoms with Crippen molar-refractivity contribution in [3.8, 4) is 16.9 Å². The van der Waals surface area contributed by atoms with Crippen molar-refractivity contribution in [2.75, 3.05) is 13.2 Å². The molecule has 0 unspecified atom stereocenters. The van der Waals surface area contributed by atoms with Crippen molar-refractivity contribution in [3.05, 3.63) is 182 Å². The third kappa shape index (κ3) is 9.79. The number of hydrogen-bond donors (Lipinski definition) is 0. The predicted octanol–water partition coefficient (Wildman–Crippen LogP) is 17.3. The van der Waals surface area contributed by atoms with Crippen LogP contribution < -0.4 is 4.74 Å². The van der Waals surface area contributed by atoms with Gasteiger partial charge in [-0.15, -0.1) is 0 Å². The fraction of sp³-hybridized carbons (Fsp3) is 0.342. The second-order valence-corrected chi connectivity index (χ2v) is 25.7. The molecule has 3 heterocycles. The number of aryl methyl sites for hydroxylation is 3. The van der Waals surface area contributed by atoms with Gasteiger partial charge >= 0.3 is 24.9 Å². The minimum absolute atomic E-state index is 0.0261. The van der Waals surface area contributed by atoms with Crippen LogP contribution >= 0.6 is 0 Å². The van der Waals surface area contributed by atoms with Crippen LogP contribution in [0.1, 0.15) is 163 Å². The molecule has 0 saturated heterocycles. The van der Waals surface area contributed by atoms with Gasteiger partial charge in [-0.1, -0.05) is 108 Å². The molecular weight excluding hydrogens is 1050 g/mol. The number of carbonyl (C=O) groups is 3. The molecule has 11 heteroatoms. The van der Waals surface area contributed by atoms with Crippen molar-refractivity contribution in [1.82, 2.24) is 4.48 Å². The summed E-state index contributed by atoms with van der Waals surface area (Å²) in [6.45, 7) is 17.0. The molecule has 12 rings (SSSR count). The molecule has 0 saturated carbocycles. The van der Waals surface area contributed by atoms with E-state index in [1.54, 1.807) is 13.8 Å². The van der Waals surface area contributed by atoms with Gasteiger partial charge in [0.2, 0.25) is 0 Å². The highest BCUT2D eigenvalue weighted by Crippen LogP contribution is 2.53. The lowest BCUT2D eigenvalue weighted by Crippen LogP contribution is -2.52. The number of esters is 3. The molecule has 0 fully saturated rings. The van der Waals surface area contributed by atoms with E-state index in [1.807, 2.05) is 38.1 Å². The molecule has 4 aliphatic rings. The van der Waals surface area contributed by atoms with E-state index in [1.165, 1.54) is 93.0 Å². The molecule has 1 aromatic heterocycles. The molecule has 0 N–H and O–H groups in total. The van der Waals surface area contributed by atoms with Crippen molar-refractivity contribution in [2.24, 2.45) is 0 Å². The Morgan fingerprint density at radius 1 is 0.643 bits per heavy atom. The first kappa shape index (κ1) is 56.6. The first-order chi connectivity index (χ1) is 40.2. The minimum atomic E-state index is -4.58. The average Bonchev–Trinajstić information content (AvgIpc) is 1.54. The summed E-state index contributed by atoms with van der Waals surface area (Å²) in [5, 5.41) is 10.1. The highest BCUT2D eigenvalue weighted by Gasteiger charge is 2.59. The number of ether oxygens (including phenoxy) is 3. The molecule has 0 bridgehead atoms. The van der Waals surface area contributed by atoms with Gasteiger partial charge in [-0.25, -0.2) is 9.59 Å². The molecule has 8 nitrogen and oxygen atoms in total. The fourth-order valence-corrected chi connectivity index (χ4v) is 14.2. The molecule has 2 aliphatic heterocycles. The fourth-order valence-electron chi connectivity index (χ4n) is 14.2. The van der Waals surface area contributed by atoms with E-state index >= 15 is 8.63 Å². The largest absolute Gasteiger partial charge is 0.737 e. The van der Waals surface area contributed by atoms with Crippen LogP contribution in [0.2, 0.25) is 0 Å². The van der Waals surface area contributed by atoms with Crippen molar-refractivity contribution in [2.45, 2.75) is 151 Å². The number of fused-ring (bicyclic) bond motifs is 7. The van der Waals surface area contributed by atoms with Crippen LogP contribution in [-0.4, -0.2) is 52.8 Å². The first-order valence-electron chi connectivity index (χ1n) is 30.4. The summed E-state index contributed by atoms with van der Waals surface area (Å²) < 4.78 is 55.8. The monoisotopic (exact) mass is 1120 g/mol. The standard InChI is InChI=1S/C73H75BF2N2O6/c1-11-82-63(79)34-32-61-53-23-13-15-25-57(53)70-69(71-58-26-16-14-24-54(58)62(33-35-64(80)83-12-2)78(71)74(75,76)77(61)70)66-43(3)36-47(37-44(66)4)46-21-17-22-51(40-46)84-65(81)29-18-20-45-30-31-56-60-42-50(73(8,9)10)39-48-38-49(72(5,6)7)41-59(67(48)60)55-28-19-27-52(45)68(55)56/h17,19,21-22,27-28,30-42H,11-16,18,20,23-26,29H2,1-10H3/b34-32+,35-33+. The highest BCUT2D eigenvalue weighted by atomic mass is 19.2. The third-order valence-electron chi connectivity index (χ3n) is 18.1. The zero-order chi connectivity index (χ0) is 59.1. The van der Waals surface area contributed by atoms with Crippen LogP contribution in [0.15, 0.2) is 126 Å². The normalized spacial score (nSPS) is 16.2. The van der Waals surface area contributed by atoms with Gasteiger partial charge in [0, 0.05) is 47.2 Å². The number of carbonyl (C=O) groups excluding carboxylic acids is 3. The van der Waals surface area contributed by atoms with Crippen molar-refractivity contribution < 1.29 is 41.7 Å². The van der Waals surface area contributed by atoms with Crippen LogP contribution in [0, 0.1) is 13.8 Å². The zero-order valence-electron chi connectivity index (χ0n) is 50.3. The van der Waals surface area contributed by atoms with Gasteiger partial charge in [0.1, 0.15) is 5.75 Å². The van der Waals surface area contributed by atoms with Crippen molar-refractivity contribution >= 4 is 85.3 Å². The van der Waals surface area contributed by atoms with Crippen LogP contribution in [0.3, 0.4) is 0 Å². The van der Waals surface area contributed by atoms with E-state index in [-0.39, 0.29) is 36.4 Å². The molecule has 84 heavy (non-hydrogen) atoms. The number of allylic oxidation sites excluding steroid dienone is 3. The maximum atomic E-state index is 18.4. The summed E-state index contributed by atoms with van der Waals surface area (Å²) >= 11 is 0. The van der Waals surface area contributed by atoms with E-state index in [0.29, 0.717) is 67.1 Å². The Labute approximate surface area is 492 Å². The SMILES string of the molecule is CCOC(=O)/C=C/C1=[N+]2C(=C(c3c(C)cc(-c4cccc(OC(=O)CCCc5ccc6c7cc(C(C)(C)C)cc8cc(C(C)(C)C)cc(c9cccc5c96)c87)c4)cc3C)c3c4c(c(/C=C/C(=O)OCC)n3[B-]2(F)F)CCCC4)C2=C1CCCC2. The highest BCUT2D eigenvalue weighted by molar-refractivity contribution is 6.59. The maximum absolute atomic E-state index is 18.4. The summed E-state index contributed by atoms with van der Waals surface area (Å²) in [7, 11) is 0. The molecule has 8 aromatic rings. The van der Waals surface area contributed by atoms with Crippen LogP contribution in [0.5, 0.6) is 5.75 Å². The Kier molecular flexibility index (Phi) is 14.6. The average molecular weight is 1130 g/mol. The van der Waals surface area contributed by atoms with E-state index in [4.69, 9.17) is 14.2 Å². The molecule has 7 aromatic carbocycles. The topological polar surface area (TPSA) is 86.8 Å². The van der Waals surface area contributed by atoms with Gasteiger partial charge in [-0.2, -0.15) is 0 Å². The molecule has 2 aliphatic carbocycles. The Bertz CT molecular complexity index is 4160. The second-order valence-electron chi connectivity index (χ2n) is 25.7. The summed E-state index contributed by atoms with van der Waals surface area (Å²) in [6.07, 6.45) is 12.9. The Hall–Kier alpha value is -7.92. The number of nitrogens with zero attached hydrogens (tertiary/aromatic N) is 2. The Morgan fingerprint density at radius 2 is 1.24 bits per heavy atom. The zero-order valence-corrected chi connectivity index (χ0v) is 50.3. The van der Waals surface area contributed by atoms with Crippen molar-refractivity contribution in [3.63, 3.8) is 0 Å². The predicted molar refractivity (Wildman–Crippen MR) is 338 cm³/mol. The summed E-state index contributed by atoms with van der Waals surface area (Å²) in [5.74, 6) is -1.05. The molecule has 0 amide bonds. The van der Waals surface area contributed by atoms with Crippen molar-refractivity contribution in [1.29, 1.82) is 0 Å². The molecule has 0 radical (unpaired) electrons. The summed E-state index contributed by atoms with van der Waals surface area (Å²) in [4.78, 5) is 39.6. The van der Waals surface area contributed by atoms with E-state index in [2.05, 4.69) is 108 Å². The quantitative estimate of drug-likeness (QED) is 0.0285. The Morgan fingerprint density at radius 3 is 1.89 bits per heavy atom. The minimum Gasteiger partial charge on any atom is -0.463 e. The maximum Gasteiger partial charge on any atom is 0.737 e. The van der Waals surface area contributed by atoms with E-state index < -0.39 is 18.9 Å². The van der Waals surface area contributed by atoms with Gasteiger partial charge in [-0.3, -0.25) is 4.79 Å². The van der Waals surface area contributed by atoms with Gasteiger partial charge in [0.15, 0.2) is 11.4 Å². The lowest BCUT2D eigenvalue weighted by Gasteiger charge is -2.35. The van der Waals surface area contributed by atoms with E-state index in [9.17, 15) is 14.4 Å². The lowest BCUT2D eigenvalue weighted by atomic mass is 9.78. The second kappa shape index (κ2) is 21.6. The number of hydrogen-bond acceptors (Lipinski definition) is 6. The number of aromatic nitrogens is 1. The summed E-state index contributed by atoms with van der Waals surface area (Å²) in [5.41, 5.74) is 13.9. The van der Waals surface area contributed by atoms with E-state index in [0.717, 1.165) is 81.3 Å². The van der Waals surface area contributed by atoms with Crippen LogP contribution in [-0.2, 0) is 53.9 Å². The molecule has 0 atom stereocenters. The lowest BCUT2D eigenvalue weighted by molar-refractivity contribution is -0.362. The van der Waals surface area contributed by atoms with Gasteiger partial charge in [0.05, 0.1) is 18.8 Å². The van der Waals surface area contributed by atoms with Gasteiger partial charge in [0.25, 0.3) is 0 Å². The molecular formula is C73H75BF2N2O6. The van der Waals surface area contributed by atoms with Gasteiger partial charge in [-0.05, 0) is 232 Å². The Balaban J connectivity index is 0.871. The third-order valence-corrected chi connectivity index (χ3v) is 18.1. The van der Waals surface area contributed by atoms with Crippen LogP contribution in [0.4, 0.5) is 8.63 Å². The summed E-state index contributed by atoms with van der Waals surface area (Å²) in [6, 6.07) is 32.6. The van der Waals surface area contributed by atoms with Gasteiger partial charge < -0.3 is 31.8 Å². The number of benzene rings is 7. The smallest absolute Gasteiger partial charge is 0.463 e. The number of rotatable bonds is 13. The molecule has 0 spiro atoms. The molecule has 430 valence electrons. The van der Waals surface area contributed by atoms with Crippen LogP contribution in [0.25, 0.3) is 65.9 Å². The number of halogens is 2. The first-order valence-corrected chi connectivity index (χ1v) is 30.4.